The number of thiazole rings is 1. The third kappa shape index (κ3) is 4.63. The lowest BCUT2D eigenvalue weighted by molar-refractivity contribution is -0.384. The van der Waals surface area contributed by atoms with Crippen molar-refractivity contribution in [2.24, 2.45) is 4.99 Å². The van der Waals surface area contributed by atoms with E-state index in [1.165, 1.54) is 22.8 Å². The Morgan fingerprint density at radius 1 is 1.17 bits per heavy atom. The van der Waals surface area contributed by atoms with Gasteiger partial charge in [0.1, 0.15) is 17.3 Å². The molecule has 1 aliphatic heterocycles. The maximum absolute atomic E-state index is 14.0. The summed E-state index contributed by atoms with van der Waals surface area (Å²) in [5, 5.41) is 13.3. The molecule has 0 fully saturated rings. The number of halogens is 1. The molecule has 0 spiro atoms. The highest BCUT2D eigenvalue weighted by Gasteiger charge is 2.34. The fraction of sp³-hybridized carbons (Fsp3) is 0.129. The quantitative estimate of drug-likeness (QED) is 0.153. The van der Waals surface area contributed by atoms with Crippen LogP contribution in [0.5, 0.6) is 0 Å². The molecule has 2 aromatic heterocycles. The van der Waals surface area contributed by atoms with Crippen LogP contribution in [0.4, 0.5) is 10.1 Å². The third-order valence-electron chi connectivity index (χ3n) is 6.96. The molecule has 11 heteroatoms. The summed E-state index contributed by atoms with van der Waals surface area (Å²) in [6.45, 7) is 3.60. The molecule has 0 unspecified atom stereocenters. The minimum Gasteiger partial charge on any atom is -0.463 e. The lowest BCUT2D eigenvalue weighted by Gasteiger charge is -2.25. The Morgan fingerprint density at radius 3 is 2.74 bits per heavy atom. The normalized spacial score (nSPS) is 15.0. The van der Waals surface area contributed by atoms with Gasteiger partial charge >= 0.3 is 5.97 Å². The molecule has 6 rings (SSSR count). The highest BCUT2D eigenvalue weighted by atomic mass is 32.1. The highest BCUT2D eigenvalue weighted by Crippen LogP contribution is 2.35. The lowest BCUT2D eigenvalue weighted by atomic mass is 9.91. The van der Waals surface area contributed by atoms with Crippen LogP contribution in [0, 0.1) is 15.9 Å². The molecule has 0 bridgehead atoms. The first-order chi connectivity index (χ1) is 20.3. The van der Waals surface area contributed by atoms with Gasteiger partial charge in [-0.3, -0.25) is 19.5 Å². The van der Waals surface area contributed by atoms with E-state index in [-0.39, 0.29) is 33.8 Å². The summed E-state index contributed by atoms with van der Waals surface area (Å²) in [5.74, 6) is -0.883. The van der Waals surface area contributed by atoms with Gasteiger partial charge in [0, 0.05) is 6.08 Å². The number of rotatable bonds is 6. The number of carbonyl (C=O) groups is 1. The van der Waals surface area contributed by atoms with Crippen molar-refractivity contribution < 1.29 is 23.3 Å². The number of fused-ring (bicyclic) bond motifs is 2. The van der Waals surface area contributed by atoms with E-state index in [0.717, 1.165) is 39.8 Å². The van der Waals surface area contributed by atoms with Crippen molar-refractivity contribution in [2.75, 3.05) is 6.61 Å². The second-order valence-electron chi connectivity index (χ2n) is 9.49. The van der Waals surface area contributed by atoms with Gasteiger partial charge in [-0.25, -0.2) is 14.2 Å². The zero-order valence-electron chi connectivity index (χ0n) is 22.4. The molecule has 1 atom stereocenters. The molecule has 0 saturated heterocycles. The van der Waals surface area contributed by atoms with Crippen LogP contribution in [0.25, 0.3) is 28.2 Å². The van der Waals surface area contributed by atoms with E-state index >= 15 is 0 Å². The van der Waals surface area contributed by atoms with Gasteiger partial charge in [-0.15, -0.1) is 0 Å². The largest absolute Gasteiger partial charge is 0.463 e. The Labute approximate surface area is 241 Å². The summed E-state index contributed by atoms with van der Waals surface area (Å²) in [4.78, 5) is 43.0. The molecule has 0 saturated carbocycles. The topological polar surface area (TPSA) is 117 Å². The summed E-state index contributed by atoms with van der Waals surface area (Å²) in [6.07, 6.45) is 1.52. The number of ether oxygens (including phenoxy) is 1. The summed E-state index contributed by atoms with van der Waals surface area (Å²) in [5.41, 5.74) is 0.748. The zero-order chi connectivity index (χ0) is 29.5. The fourth-order valence-corrected chi connectivity index (χ4v) is 6.17. The van der Waals surface area contributed by atoms with Crippen LogP contribution in [-0.2, 0) is 9.53 Å². The van der Waals surface area contributed by atoms with Crippen molar-refractivity contribution in [1.29, 1.82) is 0 Å². The summed E-state index contributed by atoms with van der Waals surface area (Å²) in [7, 11) is 0. The number of nitro benzene ring substituents is 1. The van der Waals surface area contributed by atoms with Crippen molar-refractivity contribution >= 4 is 39.8 Å². The average Bonchev–Trinajstić information content (AvgIpc) is 3.56. The van der Waals surface area contributed by atoms with Gasteiger partial charge in [0.15, 0.2) is 4.80 Å². The van der Waals surface area contributed by atoms with E-state index in [0.29, 0.717) is 10.5 Å². The van der Waals surface area contributed by atoms with Crippen LogP contribution in [0.15, 0.2) is 98.3 Å². The van der Waals surface area contributed by atoms with E-state index in [4.69, 9.17) is 9.15 Å². The molecular formula is C31H22FN3O6S. The minimum absolute atomic E-state index is 0.105. The summed E-state index contributed by atoms with van der Waals surface area (Å²) in [6, 6.07) is 19.0. The molecule has 42 heavy (non-hydrogen) atoms. The van der Waals surface area contributed by atoms with Gasteiger partial charge in [-0.05, 0) is 54.4 Å². The molecule has 0 N–H and O–H groups in total. The van der Waals surface area contributed by atoms with Crippen molar-refractivity contribution in [3.8, 4) is 11.3 Å². The van der Waals surface area contributed by atoms with Gasteiger partial charge in [0.05, 0.1) is 45.0 Å². The standard InChI is InChI=1S/C31H22FN3O6S/c1-3-40-30(37)27-17(2)33-31-34(28(27)22-10-6-8-18-7-4-5-9-21(18)22)29(36)26(42-31)16-20-12-14-25(41-20)23-13-11-19(32)15-24(23)35(38)39/h4-16,28H,3H2,1-2H3/b26-16+/t28-/m0/s1. The number of aromatic nitrogens is 1. The second kappa shape index (κ2) is 10.7. The van der Waals surface area contributed by atoms with Crippen molar-refractivity contribution in [2.45, 2.75) is 19.9 Å². The minimum atomic E-state index is -0.789. The number of hydrogen-bond acceptors (Lipinski definition) is 8. The maximum Gasteiger partial charge on any atom is 0.338 e. The van der Waals surface area contributed by atoms with Gasteiger partial charge in [-0.1, -0.05) is 53.8 Å². The molecule has 0 aliphatic carbocycles. The molecule has 5 aromatic rings. The van der Waals surface area contributed by atoms with Crippen LogP contribution in [-0.4, -0.2) is 22.1 Å². The van der Waals surface area contributed by atoms with Crippen LogP contribution < -0.4 is 14.9 Å². The number of benzene rings is 3. The average molecular weight is 584 g/mol. The summed E-state index contributed by atoms with van der Waals surface area (Å²) >= 11 is 1.13. The lowest BCUT2D eigenvalue weighted by Crippen LogP contribution is -2.40. The molecule has 0 radical (unpaired) electrons. The van der Waals surface area contributed by atoms with E-state index < -0.39 is 34.0 Å². The number of esters is 1. The van der Waals surface area contributed by atoms with Crippen LogP contribution >= 0.6 is 11.3 Å². The predicted molar refractivity (Wildman–Crippen MR) is 155 cm³/mol. The number of hydrogen-bond donors (Lipinski definition) is 0. The van der Waals surface area contributed by atoms with Gasteiger partial charge in [-0.2, -0.15) is 0 Å². The Kier molecular flexibility index (Phi) is 6.87. The molecule has 0 amide bonds. The van der Waals surface area contributed by atoms with Gasteiger partial charge in [0.2, 0.25) is 0 Å². The Bertz CT molecular complexity index is 2120. The molecule has 3 aromatic carbocycles. The molecule has 9 nitrogen and oxygen atoms in total. The van der Waals surface area contributed by atoms with Crippen LogP contribution in [0.2, 0.25) is 0 Å². The van der Waals surface area contributed by atoms with Crippen LogP contribution in [0.3, 0.4) is 0 Å². The number of allylic oxidation sites excluding steroid dienone is 1. The first-order valence-electron chi connectivity index (χ1n) is 13.0. The van der Waals surface area contributed by atoms with E-state index in [9.17, 15) is 24.1 Å². The van der Waals surface area contributed by atoms with E-state index in [1.54, 1.807) is 19.9 Å². The molecule has 3 heterocycles. The third-order valence-corrected chi connectivity index (χ3v) is 7.94. The van der Waals surface area contributed by atoms with Crippen LogP contribution in [0.1, 0.15) is 31.2 Å². The van der Waals surface area contributed by atoms with Gasteiger partial charge in [0.25, 0.3) is 11.2 Å². The summed E-state index contributed by atoms with van der Waals surface area (Å²) < 4.78 is 26.6. The number of nitro groups is 1. The van der Waals surface area contributed by atoms with Gasteiger partial charge < -0.3 is 9.15 Å². The van der Waals surface area contributed by atoms with E-state index in [1.807, 2.05) is 42.5 Å². The molecular weight excluding hydrogens is 561 g/mol. The Balaban J connectivity index is 1.52. The number of carbonyl (C=O) groups excluding carboxylic acids is 1. The van der Waals surface area contributed by atoms with Crippen molar-refractivity contribution in [3.05, 3.63) is 131 Å². The zero-order valence-corrected chi connectivity index (χ0v) is 23.2. The Hall–Kier alpha value is -5.16. The predicted octanol–water partition coefficient (Wildman–Crippen LogP) is 5.26. The fourth-order valence-electron chi connectivity index (χ4n) is 5.14. The Morgan fingerprint density at radius 2 is 1.95 bits per heavy atom. The smallest absolute Gasteiger partial charge is 0.338 e. The first kappa shape index (κ1) is 27.0. The first-order valence-corrected chi connectivity index (χ1v) is 13.8. The second-order valence-corrected chi connectivity index (χ2v) is 10.5. The SMILES string of the molecule is CCOC(=O)C1=C(C)N=c2s/c(=C/c3ccc(-c4ccc(F)cc4[N+](=O)[O-])o3)c(=O)n2[C@H]1c1cccc2ccccc12. The number of furan rings is 1. The highest BCUT2D eigenvalue weighted by molar-refractivity contribution is 7.07. The number of nitrogens with zero attached hydrogens (tertiary/aromatic N) is 3. The molecule has 210 valence electrons. The maximum atomic E-state index is 14.0. The van der Waals surface area contributed by atoms with Crippen molar-refractivity contribution in [1.82, 2.24) is 4.57 Å². The van der Waals surface area contributed by atoms with E-state index in [2.05, 4.69) is 4.99 Å². The van der Waals surface area contributed by atoms with Crippen molar-refractivity contribution in [3.63, 3.8) is 0 Å². The molecule has 1 aliphatic rings. The monoisotopic (exact) mass is 583 g/mol.